The molecular weight excluding hydrogens is 967 g/mol. The molecule has 0 radical (unpaired) electrons. The van der Waals surface area contributed by atoms with Gasteiger partial charge in [-0.1, -0.05) is 222 Å². The van der Waals surface area contributed by atoms with Crippen molar-refractivity contribution in [3.63, 3.8) is 0 Å². The Morgan fingerprint density at radius 3 is 1.39 bits per heavy atom. The fourth-order valence-corrected chi connectivity index (χ4v) is 9.59. The van der Waals surface area contributed by atoms with Crippen LogP contribution in [0.5, 0.6) is 0 Å². The molecule has 14 nitrogen and oxygen atoms in total. The molecule has 2 rings (SSSR count). The first-order chi connectivity index (χ1) is 37.1. The predicted molar refractivity (Wildman–Crippen MR) is 304 cm³/mol. The van der Waals surface area contributed by atoms with Crippen molar-refractivity contribution in [2.24, 2.45) is 0 Å². The van der Waals surface area contributed by atoms with Gasteiger partial charge in [-0.3, -0.25) is 4.79 Å². The molecule has 0 aromatic carbocycles. The van der Waals surface area contributed by atoms with Gasteiger partial charge in [0.1, 0.15) is 48.8 Å². The van der Waals surface area contributed by atoms with Gasteiger partial charge >= 0.3 is 0 Å². The van der Waals surface area contributed by atoms with Crippen LogP contribution in [0.15, 0.2) is 72.9 Å². The molecule has 0 saturated carbocycles. The molecular formula is C62H109NO13. The molecule has 440 valence electrons. The van der Waals surface area contributed by atoms with Crippen LogP contribution in [-0.4, -0.2) is 140 Å². The van der Waals surface area contributed by atoms with Crippen LogP contribution in [0.3, 0.4) is 0 Å². The van der Waals surface area contributed by atoms with E-state index in [2.05, 4.69) is 92.1 Å². The largest absolute Gasteiger partial charge is 0.394 e. The van der Waals surface area contributed by atoms with Crippen molar-refractivity contribution in [1.29, 1.82) is 0 Å². The number of ether oxygens (including phenoxy) is 4. The molecule has 2 aliphatic rings. The van der Waals surface area contributed by atoms with E-state index in [1.54, 1.807) is 0 Å². The van der Waals surface area contributed by atoms with Crippen molar-refractivity contribution in [3.05, 3.63) is 72.9 Å². The Kier molecular flexibility index (Phi) is 43.2. The molecule has 12 atom stereocenters. The van der Waals surface area contributed by atoms with Crippen LogP contribution in [0.2, 0.25) is 0 Å². The molecule has 9 N–H and O–H groups in total. The van der Waals surface area contributed by atoms with Crippen molar-refractivity contribution >= 4 is 5.91 Å². The number of aliphatic hydroxyl groups is 8. The van der Waals surface area contributed by atoms with Crippen molar-refractivity contribution in [3.8, 4) is 0 Å². The highest BCUT2D eigenvalue weighted by molar-refractivity contribution is 5.76. The summed E-state index contributed by atoms with van der Waals surface area (Å²) in [6, 6.07) is -0.841. The summed E-state index contributed by atoms with van der Waals surface area (Å²) in [5.74, 6) is -0.223. The summed E-state index contributed by atoms with van der Waals surface area (Å²) in [7, 11) is 0. The number of carbonyl (C=O) groups excluding carboxylic acids is 1. The number of hydrogen-bond donors (Lipinski definition) is 9. The van der Waals surface area contributed by atoms with Gasteiger partial charge in [0.15, 0.2) is 12.6 Å². The molecule has 0 bridgehead atoms. The number of allylic oxidation sites excluding steroid dienone is 12. The Labute approximate surface area is 459 Å². The Morgan fingerprint density at radius 1 is 0.487 bits per heavy atom. The van der Waals surface area contributed by atoms with E-state index in [4.69, 9.17) is 18.9 Å². The van der Waals surface area contributed by atoms with Crippen LogP contribution in [0.25, 0.3) is 0 Å². The Morgan fingerprint density at radius 2 is 0.908 bits per heavy atom. The first-order valence-corrected chi connectivity index (χ1v) is 30.2. The molecule has 76 heavy (non-hydrogen) atoms. The number of carbonyl (C=O) groups is 1. The molecule has 2 aliphatic heterocycles. The van der Waals surface area contributed by atoms with E-state index in [1.165, 1.54) is 83.5 Å². The number of hydrogen-bond acceptors (Lipinski definition) is 13. The normalized spacial score (nSPS) is 25.4. The van der Waals surface area contributed by atoms with Gasteiger partial charge in [-0.05, 0) is 64.2 Å². The Bertz CT molecular complexity index is 1550. The zero-order valence-electron chi connectivity index (χ0n) is 47.2. The SMILES string of the molecule is CC/C=C\C/C=C\C/C=C\C/C=C\C/C=C\C/C=C\CCCCCCCCC(=O)NC(COC1OC(CO)C(OC2OC(CO)C(O)C(O)C2O)C(O)C1O)C(O)CCCCCCCCCCCCCCCCCCC. The highest BCUT2D eigenvalue weighted by atomic mass is 16.7. The summed E-state index contributed by atoms with van der Waals surface area (Å²) in [6.07, 6.45) is 44.6. The van der Waals surface area contributed by atoms with Crippen molar-refractivity contribution in [2.75, 3.05) is 19.8 Å². The highest BCUT2D eigenvalue weighted by Crippen LogP contribution is 2.30. The highest BCUT2D eigenvalue weighted by Gasteiger charge is 2.51. The number of unbranched alkanes of at least 4 members (excludes halogenated alkanes) is 22. The molecule has 1 amide bonds. The molecule has 0 spiro atoms. The van der Waals surface area contributed by atoms with Gasteiger partial charge in [-0.2, -0.15) is 0 Å². The summed E-state index contributed by atoms with van der Waals surface area (Å²) < 4.78 is 22.8. The second-order valence-electron chi connectivity index (χ2n) is 21.1. The first kappa shape index (κ1) is 69.5. The van der Waals surface area contributed by atoms with E-state index < -0.39 is 86.8 Å². The van der Waals surface area contributed by atoms with Crippen molar-refractivity contribution in [2.45, 2.75) is 293 Å². The lowest BCUT2D eigenvalue weighted by Crippen LogP contribution is -2.65. The van der Waals surface area contributed by atoms with Gasteiger partial charge in [0.25, 0.3) is 0 Å². The van der Waals surface area contributed by atoms with Crippen LogP contribution in [0, 0.1) is 0 Å². The lowest BCUT2D eigenvalue weighted by molar-refractivity contribution is -0.359. The van der Waals surface area contributed by atoms with E-state index in [1.807, 2.05) is 0 Å². The third-order valence-electron chi connectivity index (χ3n) is 14.4. The standard InChI is InChI=1S/C62H109NO13/c1-3-5-7-9-11-13-15-17-19-21-22-23-24-25-26-27-28-30-32-34-36-38-40-42-44-46-54(67)63-50(51(66)45-43-41-39-37-35-33-31-29-20-18-16-14-12-10-8-6-4-2)49-73-61-59(72)57(70)60(53(48-65)75-61)76-62-58(71)56(69)55(68)52(47-64)74-62/h5,7,11,13,17,19,22-23,25-26,28,30,50-53,55-62,64-66,68-72H,3-4,6,8-10,12,14-16,18,20-21,24,27,29,31-49H2,1-2H3,(H,63,67)/b7-5-,13-11-,19-17-,23-22-,26-25-,30-28-. The second kappa shape index (κ2) is 47.3. The maximum Gasteiger partial charge on any atom is 0.220 e. The smallest absolute Gasteiger partial charge is 0.220 e. The molecule has 2 heterocycles. The molecule has 0 aliphatic carbocycles. The predicted octanol–water partition coefficient (Wildman–Crippen LogP) is 10.3. The minimum absolute atomic E-state index is 0.223. The van der Waals surface area contributed by atoms with E-state index in [9.17, 15) is 45.6 Å². The van der Waals surface area contributed by atoms with E-state index in [0.29, 0.717) is 12.8 Å². The summed E-state index contributed by atoms with van der Waals surface area (Å²) in [5, 5.41) is 87.3. The van der Waals surface area contributed by atoms with Gasteiger partial charge in [-0.15, -0.1) is 0 Å². The zero-order valence-corrected chi connectivity index (χ0v) is 47.2. The van der Waals surface area contributed by atoms with Crippen LogP contribution in [0.1, 0.15) is 219 Å². The molecule has 0 aromatic rings. The topological polar surface area (TPSA) is 228 Å². The average molecular weight is 1080 g/mol. The van der Waals surface area contributed by atoms with Crippen molar-refractivity contribution < 1.29 is 64.6 Å². The Hall–Kier alpha value is -2.57. The number of aliphatic hydroxyl groups excluding tert-OH is 8. The minimum Gasteiger partial charge on any atom is -0.394 e. The molecule has 2 saturated heterocycles. The quantitative estimate of drug-likeness (QED) is 0.0204. The van der Waals surface area contributed by atoms with Gasteiger partial charge in [0, 0.05) is 6.42 Å². The second-order valence-corrected chi connectivity index (χ2v) is 21.1. The van der Waals surface area contributed by atoms with Gasteiger partial charge in [0.2, 0.25) is 5.91 Å². The summed E-state index contributed by atoms with van der Waals surface area (Å²) in [6.45, 7) is 2.74. The van der Waals surface area contributed by atoms with E-state index in [-0.39, 0.29) is 18.9 Å². The lowest BCUT2D eigenvalue weighted by atomic mass is 9.97. The van der Waals surface area contributed by atoms with Gasteiger partial charge < -0.3 is 65.1 Å². The van der Waals surface area contributed by atoms with Crippen LogP contribution in [-0.2, 0) is 23.7 Å². The van der Waals surface area contributed by atoms with E-state index in [0.717, 1.165) is 103 Å². The Balaban J connectivity index is 1.76. The summed E-state index contributed by atoms with van der Waals surface area (Å²) in [5.41, 5.74) is 0. The van der Waals surface area contributed by atoms with Crippen LogP contribution < -0.4 is 5.32 Å². The van der Waals surface area contributed by atoms with Crippen LogP contribution >= 0.6 is 0 Å². The van der Waals surface area contributed by atoms with E-state index >= 15 is 0 Å². The molecule has 0 aromatic heterocycles. The maximum atomic E-state index is 13.3. The number of amides is 1. The first-order valence-electron chi connectivity index (χ1n) is 30.2. The third-order valence-corrected chi connectivity index (χ3v) is 14.4. The third kappa shape index (κ3) is 32.5. The summed E-state index contributed by atoms with van der Waals surface area (Å²) in [4.78, 5) is 13.3. The lowest BCUT2D eigenvalue weighted by Gasteiger charge is -2.46. The molecule has 2 fully saturated rings. The molecule has 12 unspecified atom stereocenters. The summed E-state index contributed by atoms with van der Waals surface area (Å²) >= 11 is 0. The maximum absolute atomic E-state index is 13.3. The minimum atomic E-state index is -1.79. The monoisotopic (exact) mass is 1080 g/mol. The van der Waals surface area contributed by atoms with Gasteiger partial charge in [-0.25, -0.2) is 0 Å². The zero-order chi connectivity index (χ0) is 55.3. The average Bonchev–Trinajstić information content (AvgIpc) is 3.42. The molecule has 14 heteroatoms. The van der Waals surface area contributed by atoms with Crippen molar-refractivity contribution in [1.82, 2.24) is 5.32 Å². The number of rotatable bonds is 47. The fourth-order valence-electron chi connectivity index (χ4n) is 9.59. The van der Waals surface area contributed by atoms with Gasteiger partial charge in [0.05, 0.1) is 32.0 Å². The van der Waals surface area contributed by atoms with Crippen LogP contribution in [0.4, 0.5) is 0 Å². The fraction of sp³-hybridized carbons (Fsp3) is 0.790. The number of nitrogens with one attached hydrogen (secondary N) is 1.